The number of nitrogens with one attached hydrogen (secondary N) is 1. The first kappa shape index (κ1) is 16.5. The van der Waals surface area contributed by atoms with Crippen LogP contribution in [0, 0.1) is 0 Å². The summed E-state index contributed by atoms with van der Waals surface area (Å²) in [6, 6.07) is 20.2. The maximum atomic E-state index is 12.6. The molecule has 4 aromatic rings. The third-order valence-electron chi connectivity index (χ3n) is 4.29. The monoisotopic (exact) mass is 361 g/mol. The lowest BCUT2D eigenvalue weighted by atomic mass is 10.1. The highest BCUT2D eigenvalue weighted by Crippen LogP contribution is 2.29. The number of carbonyl (C=O) groups excluding carboxylic acids is 1. The topological polar surface area (TPSA) is 46.4 Å². The van der Waals surface area contributed by atoms with Gasteiger partial charge in [-0.05, 0) is 48.1 Å². The number of aromatic nitrogens is 2. The van der Waals surface area contributed by atoms with Crippen LogP contribution in [0.15, 0.2) is 72.2 Å². The quantitative estimate of drug-likeness (QED) is 0.517. The van der Waals surface area contributed by atoms with Crippen LogP contribution in [-0.2, 0) is 6.42 Å². The van der Waals surface area contributed by atoms with Gasteiger partial charge in [-0.25, -0.2) is 4.52 Å². The summed E-state index contributed by atoms with van der Waals surface area (Å²) < 4.78 is 1.77. The first-order valence-corrected chi connectivity index (χ1v) is 9.53. The third kappa shape index (κ3) is 3.53. The predicted octanol–water partition coefficient (Wildman–Crippen LogP) is 4.43. The molecule has 5 heteroatoms. The second-order valence-corrected chi connectivity index (χ2v) is 7.05. The molecule has 130 valence electrons. The molecular weight excluding hydrogens is 342 g/mol. The van der Waals surface area contributed by atoms with E-state index in [1.54, 1.807) is 15.9 Å². The van der Waals surface area contributed by atoms with E-state index in [9.17, 15) is 4.79 Å². The van der Waals surface area contributed by atoms with E-state index in [4.69, 9.17) is 0 Å². The van der Waals surface area contributed by atoms with Gasteiger partial charge in [0.1, 0.15) is 5.69 Å². The van der Waals surface area contributed by atoms with Crippen molar-refractivity contribution in [1.82, 2.24) is 14.9 Å². The molecule has 0 bridgehead atoms. The van der Waals surface area contributed by atoms with E-state index in [-0.39, 0.29) is 5.91 Å². The van der Waals surface area contributed by atoms with E-state index in [1.165, 1.54) is 5.56 Å². The maximum absolute atomic E-state index is 12.6. The average molecular weight is 361 g/mol. The molecule has 1 amide bonds. The number of amides is 1. The molecule has 0 aliphatic rings. The van der Waals surface area contributed by atoms with Gasteiger partial charge in [0.05, 0.1) is 5.52 Å². The molecule has 0 aliphatic carbocycles. The average Bonchev–Trinajstić information content (AvgIpc) is 3.36. The number of hydrogen-bond donors (Lipinski definition) is 1. The van der Waals surface area contributed by atoms with Crippen molar-refractivity contribution in [3.63, 3.8) is 0 Å². The molecule has 0 spiro atoms. The van der Waals surface area contributed by atoms with Gasteiger partial charge in [0.2, 0.25) is 0 Å². The Hall–Kier alpha value is -2.92. The zero-order chi connectivity index (χ0) is 17.8. The van der Waals surface area contributed by atoms with Crippen molar-refractivity contribution in [2.75, 3.05) is 6.54 Å². The number of hydrogen-bond acceptors (Lipinski definition) is 3. The van der Waals surface area contributed by atoms with Crippen LogP contribution in [0.4, 0.5) is 0 Å². The Kier molecular flexibility index (Phi) is 4.80. The number of rotatable bonds is 6. The van der Waals surface area contributed by atoms with Crippen molar-refractivity contribution in [3.8, 4) is 10.4 Å². The smallest absolute Gasteiger partial charge is 0.271 e. The highest BCUT2D eigenvalue weighted by Gasteiger charge is 2.13. The van der Waals surface area contributed by atoms with Gasteiger partial charge in [-0.1, -0.05) is 36.4 Å². The molecule has 0 saturated carbocycles. The van der Waals surface area contributed by atoms with Crippen LogP contribution in [0.3, 0.4) is 0 Å². The molecule has 0 fully saturated rings. The molecule has 0 saturated heterocycles. The van der Waals surface area contributed by atoms with Crippen molar-refractivity contribution in [2.24, 2.45) is 0 Å². The van der Waals surface area contributed by atoms with Crippen molar-refractivity contribution >= 4 is 22.8 Å². The van der Waals surface area contributed by atoms with E-state index >= 15 is 0 Å². The number of nitrogens with zero attached hydrogens (tertiary/aromatic N) is 2. The molecule has 26 heavy (non-hydrogen) atoms. The Morgan fingerprint density at radius 2 is 1.96 bits per heavy atom. The fourth-order valence-electron chi connectivity index (χ4n) is 3.00. The van der Waals surface area contributed by atoms with Crippen molar-refractivity contribution in [1.29, 1.82) is 0 Å². The number of benzene rings is 1. The van der Waals surface area contributed by atoms with Crippen LogP contribution in [0.25, 0.3) is 16.0 Å². The van der Waals surface area contributed by atoms with Crippen LogP contribution < -0.4 is 5.32 Å². The molecular formula is C21H19N3OS. The number of thiophene rings is 1. The van der Waals surface area contributed by atoms with Gasteiger partial charge in [-0.15, -0.1) is 11.3 Å². The molecule has 0 aliphatic heterocycles. The molecule has 0 radical (unpaired) electrons. The van der Waals surface area contributed by atoms with Crippen LogP contribution >= 0.6 is 11.3 Å². The molecule has 1 N–H and O–H groups in total. The molecule has 3 heterocycles. The van der Waals surface area contributed by atoms with Crippen LogP contribution in [-0.4, -0.2) is 22.1 Å². The molecule has 3 aromatic heterocycles. The van der Waals surface area contributed by atoms with Crippen LogP contribution in [0.5, 0.6) is 0 Å². The Morgan fingerprint density at radius 1 is 1.08 bits per heavy atom. The summed E-state index contributed by atoms with van der Waals surface area (Å²) >= 11 is 1.66. The predicted molar refractivity (Wildman–Crippen MR) is 106 cm³/mol. The largest absolute Gasteiger partial charge is 0.351 e. The lowest BCUT2D eigenvalue weighted by Crippen LogP contribution is -2.26. The van der Waals surface area contributed by atoms with Crippen molar-refractivity contribution in [2.45, 2.75) is 12.8 Å². The second-order valence-electron chi connectivity index (χ2n) is 6.10. The van der Waals surface area contributed by atoms with E-state index in [1.807, 2.05) is 54.0 Å². The number of carbonyl (C=O) groups is 1. The van der Waals surface area contributed by atoms with Gasteiger partial charge in [0, 0.05) is 23.2 Å². The summed E-state index contributed by atoms with van der Waals surface area (Å²) in [7, 11) is 0. The number of aryl methyl sites for hydroxylation is 1. The van der Waals surface area contributed by atoms with E-state index in [0.29, 0.717) is 12.2 Å². The highest BCUT2D eigenvalue weighted by atomic mass is 32.1. The zero-order valence-electron chi connectivity index (χ0n) is 14.3. The fraction of sp³-hybridized carbons (Fsp3) is 0.143. The summed E-state index contributed by atoms with van der Waals surface area (Å²) in [6.45, 7) is 0.632. The Balaban J connectivity index is 1.47. The van der Waals surface area contributed by atoms with Crippen LogP contribution in [0.2, 0.25) is 0 Å². The SMILES string of the molecule is O=C(NCCCc1ccccc1)c1cc(-c2cccs2)c2cccn2n1. The maximum Gasteiger partial charge on any atom is 0.271 e. The van der Waals surface area contributed by atoms with E-state index < -0.39 is 0 Å². The molecule has 4 rings (SSSR count). The summed E-state index contributed by atoms with van der Waals surface area (Å²) in [5, 5.41) is 9.48. The lowest BCUT2D eigenvalue weighted by molar-refractivity contribution is 0.0947. The minimum absolute atomic E-state index is 0.133. The zero-order valence-corrected chi connectivity index (χ0v) is 15.1. The van der Waals surface area contributed by atoms with Crippen molar-refractivity contribution < 1.29 is 4.79 Å². The minimum Gasteiger partial charge on any atom is -0.351 e. The Bertz CT molecular complexity index is 1010. The molecule has 0 unspecified atom stereocenters. The van der Waals surface area contributed by atoms with E-state index in [2.05, 4.69) is 28.6 Å². The summed E-state index contributed by atoms with van der Waals surface area (Å²) in [4.78, 5) is 13.7. The molecule has 4 nitrogen and oxygen atoms in total. The normalized spacial score (nSPS) is 10.9. The lowest BCUT2D eigenvalue weighted by Gasteiger charge is -2.08. The van der Waals surface area contributed by atoms with Gasteiger partial charge in [-0.3, -0.25) is 4.79 Å². The summed E-state index contributed by atoms with van der Waals surface area (Å²) in [5.41, 5.74) is 3.77. The third-order valence-corrected chi connectivity index (χ3v) is 5.19. The number of fused-ring (bicyclic) bond motifs is 1. The van der Waals surface area contributed by atoms with Gasteiger partial charge in [0.25, 0.3) is 5.91 Å². The fourth-order valence-corrected chi connectivity index (χ4v) is 3.75. The highest BCUT2D eigenvalue weighted by molar-refractivity contribution is 7.13. The van der Waals surface area contributed by atoms with E-state index in [0.717, 1.165) is 28.8 Å². The van der Waals surface area contributed by atoms with Crippen molar-refractivity contribution in [3.05, 3.63) is 83.5 Å². The van der Waals surface area contributed by atoms with Gasteiger partial charge in [0.15, 0.2) is 0 Å². The summed E-state index contributed by atoms with van der Waals surface area (Å²) in [5.74, 6) is -0.133. The molecule has 0 atom stereocenters. The minimum atomic E-state index is -0.133. The first-order valence-electron chi connectivity index (χ1n) is 8.66. The Morgan fingerprint density at radius 3 is 2.77 bits per heavy atom. The first-order chi connectivity index (χ1) is 12.8. The summed E-state index contributed by atoms with van der Waals surface area (Å²) in [6.07, 6.45) is 3.73. The Labute approximate surface area is 156 Å². The standard InChI is InChI=1S/C21H19N3OS/c25-21(22-12-4-9-16-7-2-1-3-8-16)18-15-17(20-11-6-14-26-20)19-10-5-13-24(19)23-18/h1-3,5-8,10-11,13-15H,4,9,12H2,(H,22,25). The second kappa shape index (κ2) is 7.54. The van der Waals surface area contributed by atoms with Crippen LogP contribution in [0.1, 0.15) is 22.5 Å². The van der Waals surface area contributed by atoms with Gasteiger partial charge >= 0.3 is 0 Å². The van der Waals surface area contributed by atoms with Gasteiger partial charge < -0.3 is 5.32 Å². The van der Waals surface area contributed by atoms with Gasteiger partial charge in [-0.2, -0.15) is 5.10 Å². The molecule has 1 aromatic carbocycles.